The van der Waals surface area contributed by atoms with Gasteiger partial charge in [-0.25, -0.2) is 12.7 Å². The molecule has 0 aliphatic carbocycles. The normalized spacial score (nSPS) is 24.9. The average Bonchev–Trinajstić information content (AvgIpc) is 3.04. The molecule has 2 aliphatic rings. The Morgan fingerprint density at radius 2 is 2.04 bits per heavy atom. The summed E-state index contributed by atoms with van der Waals surface area (Å²) in [6.07, 6.45) is 0.818. The Kier molecular flexibility index (Phi) is 4.15. The van der Waals surface area contributed by atoms with Gasteiger partial charge in [-0.1, -0.05) is 6.92 Å². The van der Waals surface area contributed by atoms with E-state index in [2.05, 4.69) is 0 Å². The lowest BCUT2D eigenvalue weighted by Gasteiger charge is -2.22. The van der Waals surface area contributed by atoms with E-state index in [9.17, 15) is 18.0 Å². The summed E-state index contributed by atoms with van der Waals surface area (Å²) in [6, 6.07) is 3.80. The maximum Gasteiger partial charge on any atom is 0.269 e. The fourth-order valence-corrected chi connectivity index (χ4v) is 5.23. The summed E-state index contributed by atoms with van der Waals surface area (Å²) in [5.41, 5.74) is 6.07. The quantitative estimate of drug-likeness (QED) is 0.863. The van der Waals surface area contributed by atoms with Gasteiger partial charge in [0.15, 0.2) is 0 Å². The van der Waals surface area contributed by atoms with Gasteiger partial charge in [-0.15, -0.1) is 0 Å². The van der Waals surface area contributed by atoms with Gasteiger partial charge in [-0.3, -0.25) is 9.59 Å². The molecule has 1 unspecified atom stereocenters. The summed E-state index contributed by atoms with van der Waals surface area (Å²) in [4.78, 5) is 26.7. The van der Waals surface area contributed by atoms with E-state index >= 15 is 0 Å². The molecule has 1 saturated heterocycles. The van der Waals surface area contributed by atoms with Gasteiger partial charge in [0.1, 0.15) is 4.90 Å². The number of hydrogen-bond acceptors (Lipinski definition) is 5. The average molecular weight is 365 g/mol. The zero-order valence-corrected chi connectivity index (χ0v) is 15.5. The molecule has 2 aliphatic heterocycles. The van der Waals surface area contributed by atoms with Gasteiger partial charge in [0, 0.05) is 24.7 Å². The van der Waals surface area contributed by atoms with Crippen LogP contribution in [0.25, 0.3) is 0 Å². The summed E-state index contributed by atoms with van der Waals surface area (Å²) in [6.45, 7) is 6.95. The van der Waals surface area contributed by atoms with Crippen LogP contribution >= 0.6 is 0 Å². The molecule has 2 N–H and O–H groups in total. The minimum atomic E-state index is -3.91. The lowest BCUT2D eigenvalue weighted by Crippen LogP contribution is -2.36. The first kappa shape index (κ1) is 17.9. The van der Waals surface area contributed by atoms with Gasteiger partial charge < -0.3 is 10.6 Å². The molecule has 2 heterocycles. The number of hydrogen-bond donors (Lipinski definition) is 1. The Balaban J connectivity index is 1.95. The number of benzene rings is 1. The number of fused-ring (bicyclic) bond motifs is 1. The summed E-state index contributed by atoms with van der Waals surface area (Å²) < 4.78 is 26.2. The van der Waals surface area contributed by atoms with Gasteiger partial charge in [-0.2, -0.15) is 0 Å². The Morgan fingerprint density at radius 1 is 1.36 bits per heavy atom. The van der Waals surface area contributed by atoms with E-state index in [-0.39, 0.29) is 27.3 Å². The third kappa shape index (κ3) is 2.73. The molecule has 0 saturated carbocycles. The molecule has 0 aromatic heterocycles. The number of amides is 2. The molecular weight excluding hydrogens is 342 g/mol. The van der Waals surface area contributed by atoms with E-state index in [1.165, 1.54) is 18.2 Å². The van der Waals surface area contributed by atoms with Crippen molar-refractivity contribution in [1.29, 1.82) is 0 Å². The van der Waals surface area contributed by atoms with Gasteiger partial charge in [0.25, 0.3) is 21.8 Å². The van der Waals surface area contributed by atoms with E-state index in [1.807, 2.05) is 6.92 Å². The number of nitrogens with zero attached hydrogens (tertiary/aromatic N) is 2. The van der Waals surface area contributed by atoms with Crippen LogP contribution in [-0.2, 0) is 10.0 Å². The van der Waals surface area contributed by atoms with Crippen LogP contribution in [0.4, 0.5) is 0 Å². The van der Waals surface area contributed by atoms with E-state index < -0.39 is 22.0 Å². The first-order valence-electron chi connectivity index (χ1n) is 8.33. The summed E-state index contributed by atoms with van der Waals surface area (Å²) in [7, 11) is -3.91. The fourth-order valence-electron chi connectivity index (χ4n) is 3.44. The van der Waals surface area contributed by atoms with Crippen LogP contribution in [0.5, 0.6) is 0 Å². The van der Waals surface area contributed by atoms with Crippen LogP contribution in [0.3, 0.4) is 0 Å². The molecule has 0 spiro atoms. The summed E-state index contributed by atoms with van der Waals surface area (Å²) in [5, 5.41) is 0. The number of sulfonamides is 1. The lowest BCUT2D eigenvalue weighted by atomic mass is 9.90. The Labute approximate surface area is 147 Å². The van der Waals surface area contributed by atoms with Gasteiger partial charge in [0.2, 0.25) is 0 Å². The highest BCUT2D eigenvalue weighted by Gasteiger charge is 2.43. The van der Waals surface area contributed by atoms with Crippen molar-refractivity contribution >= 4 is 21.8 Å². The van der Waals surface area contributed by atoms with Gasteiger partial charge >= 0.3 is 0 Å². The van der Waals surface area contributed by atoms with Crippen molar-refractivity contribution in [3.63, 3.8) is 0 Å². The first-order chi connectivity index (χ1) is 11.6. The third-order valence-electron chi connectivity index (χ3n) is 5.00. The number of carbonyl (C=O) groups excluding carboxylic acids is 2. The van der Waals surface area contributed by atoms with Crippen molar-refractivity contribution < 1.29 is 18.0 Å². The largest absolute Gasteiger partial charge is 0.338 e. The highest BCUT2D eigenvalue weighted by molar-refractivity contribution is 7.90. The van der Waals surface area contributed by atoms with Crippen molar-refractivity contribution in [2.45, 2.75) is 38.1 Å². The molecule has 1 aromatic carbocycles. The maximum atomic E-state index is 12.8. The van der Waals surface area contributed by atoms with E-state index in [0.717, 1.165) is 10.7 Å². The number of likely N-dealkylation sites (tertiary alicyclic amines) is 1. The van der Waals surface area contributed by atoms with Crippen LogP contribution < -0.4 is 5.73 Å². The predicted octanol–water partition coefficient (Wildman–Crippen LogP) is 1.05. The number of rotatable bonds is 3. The lowest BCUT2D eigenvalue weighted by molar-refractivity contribution is 0.0775. The fraction of sp³-hybridized carbons (Fsp3) is 0.529. The zero-order chi connectivity index (χ0) is 18.6. The molecule has 1 fully saturated rings. The first-order valence-corrected chi connectivity index (χ1v) is 9.77. The molecule has 25 heavy (non-hydrogen) atoms. The van der Waals surface area contributed by atoms with Crippen LogP contribution in [0, 0.1) is 5.41 Å². The van der Waals surface area contributed by atoms with Gasteiger partial charge in [0.05, 0.1) is 5.56 Å². The van der Waals surface area contributed by atoms with Crippen molar-refractivity contribution in [2.24, 2.45) is 11.1 Å². The summed E-state index contributed by atoms with van der Waals surface area (Å²) >= 11 is 0. The second kappa shape index (κ2) is 5.81. The van der Waals surface area contributed by atoms with Crippen LogP contribution in [-0.4, -0.2) is 55.1 Å². The highest BCUT2D eigenvalue weighted by Crippen LogP contribution is 2.34. The van der Waals surface area contributed by atoms with Gasteiger partial charge in [-0.05, 0) is 50.4 Å². The molecule has 136 valence electrons. The van der Waals surface area contributed by atoms with E-state index in [1.54, 1.807) is 18.7 Å². The second-order valence-electron chi connectivity index (χ2n) is 7.40. The predicted molar refractivity (Wildman–Crippen MR) is 92.6 cm³/mol. The number of carbonyl (C=O) groups is 2. The second-order valence-corrected chi connectivity index (χ2v) is 9.19. The van der Waals surface area contributed by atoms with Crippen molar-refractivity contribution in [3.8, 4) is 0 Å². The molecule has 1 atom stereocenters. The Morgan fingerprint density at radius 3 is 2.60 bits per heavy atom. The van der Waals surface area contributed by atoms with E-state index in [4.69, 9.17) is 5.73 Å². The Bertz CT molecular complexity index is 849. The highest BCUT2D eigenvalue weighted by atomic mass is 32.2. The number of nitrogens with two attached hydrogens (primary N) is 1. The maximum absolute atomic E-state index is 12.8. The van der Waals surface area contributed by atoms with E-state index in [0.29, 0.717) is 19.6 Å². The minimum Gasteiger partial charge on any atom is -0.338 e. The minimum absolute atomic E-state index is 0.0853. The van der Waals surface area contributed by atoms with Crippen LogP contribution in [0.2, 0.25) is 0 Å². The molecule has 8 heteroatoms. The van der Waals surface area contributed by atoms with Crippen LogP contribution in [0.1, 0.15) is 47.9 Å². The zero-order valence-electron chi connectivity index (χ0n) is 14.7. The third-order valence-corrected chi connectivity index (χ3v) is 7.00. The topological polar surface area (TPSA) is 101 Å². The molecular formula is C17H23N3O4S. The van der Waals surface area contributed by atoms with Crippen LogP contribution in [0.15, 0.2) is 23.1 Å². The molecule has 0 bridgehead atoms. The standard InChI is InChI=1S/C17H23N3O4S/c1-11(2)20-16(22)13-5-4-12(8-14(13)25(20,23)24)15(21)19-7-6-17(3,9-18)10-19/h4-5,8,11H,6-7,9-10,18H2,1-3H3. The molecule has 2 amide bonds. The smallest absolute Gasteiger partial charge is 0.269 e. The van der Waals surface area contributed by atoms with Crippen molar-refractivity contribution in [2.75, 3.05) is 19.6 Å². The van der Waals surface area contributed by atoms with Crippen molar-refractivity contribution in [3.05, 3.63) is 29.3 Å². The summed E-state index contributed by atoms with van der Waals surface area (Å²) in [5.74, 6) is -0.772. The van der Waals surface area contributed by atoms with Crippen molar-refractivity contribution in [1.82, 2.24) is 9.21 Å². The molecule has 7 nitrogen and oxygen atoms in total. The molecule has 0 radical (unpaired) electrons. The molecule has 1 aromatic rings. The molecule has 3 rings (SSSR count). The Hall–Kier alpha value is -1.93. The SMILES string of the molecule is CC(C)N1C(=O)c2ccc(C(=O)N3CCC(C)(CN)C3)cc2S1(=O)=O. The monoisotopic (exact) mass is 365 g/mol.